The zero-order chi connectivity index (χ0) is 29.6. The molecule has 2 unspecified atom stereocenters. The fraction of sp³-hybridized carbons (Fsp3) is 0.441. The van der Waals surface area contributed by atoms with Crippen LogP contribution < -0.4 is 24.8 Å². The lowest BCUT2D eigenvalue weighted by atomic mass is 9.77. The SMILES string of the molecule is CCCOc1c2c(cc3c1C(=C1CCC(=O)C(c4ccc5c(c4)=CCN=5)C1)C=C(C(=O)OCC)O3)OC(C(C)(C)O)C2. The molecule has 0 bridgehead atoms. The molecule has 220 valence electrons. The van der Waals surface area contributed by atoms with Crippen molar-refractivity contribution >= 4 is 23.4 Å². The van der Waals surface area contributed by atoms with Gasteiger partial charge in [0.25, 0.3) is 0 Å². The molecule has 42 heavy (non-hydrogen) atoms. The molecule has 0 spiro atoms. The third-order valence-corrected chi connectivity index (χ3v) is 8.37. The third-order valence-electron chi connectivity index (χ3n) is 8.37. The van der Waals surface area contributed by atoms with Crippen molar-refractivity contribution in [2.75, 3.05) is 19.8 Å². The van der Waals surface area contributed by atoms with E-state index in [9.17, 15) is 14.7 Å². The van der Waals surface area contributed by atoms with E-state index in [1.54, 1.807) is 32.9 Å². The summed E-state index contributed by atoms with van der Waals surface area (Å²) in [4.78, 5) is 30.7. The van der Waals surface area contributed by atoms with Crippen molar-refractivity contribution < 1.29 is 33.6 Å². The summed E-state index contributed by atoms with van der Waals surface area (Å²) < 4.78 is 24.1. The predicted octanol–water partition coefficient (Wildman–Crippen LogP) is 4.09. The average Bonchev–Trinajstić information content (AvgIpc) is 3.62. The predicted molar refractivity (Wildman–Crippen MR) is 157 cm³/mol. The number of allylic oxidation sites excluding steroid dienone is 3. The van der Waals surface area contributed by atoms with Crippen molar-refractivity contribution in [3.05, 3.63) is 68.9 Å². The molecule has 2 aromatic rings. The second-order valence-corrected chi connectivity index (χ2v) is 11.8. The summed E-state index contributed by atoms with van der Waals surface area (Å²) in [7, 11) is 0. The Balaban J connectivity index is 1.50. The van der Waals surface area contributed by atoms with E-state index in [4.69, 9.17) is 18.9 Å². The Kier molecular flexibility index (Phi) is 7.43. The van der Waals surface area contributed by atoms with Gasteiger partial charge in [-0.15, -0.1) is 0 Å². The fourth-order valence-corrected chi connectivity index (χ4v) is 6.16. The van der Waals surface area contributed by atoms with Crippen LogP contribution in [0.5, 0.6) is 17.2 Å². The molecule has 0 aromatic heterocycles. The number of ether oxygens (including phenoxy) is 4. The highest BCUT2D eigenvalue weighted by Gasteiger charge is 2.41. The van der Waals surface area contributed by atoms with Crippen molar-refractivity contribution in [2.45, 2.75) is 77.4 Å². The highest BCUT2D eigenvalue weighted by molar-refractivity contribution is 5.98. The maximum absolute atomic E-state index is 13.3. The van der Waals surface area contributed by atoms with Gasteiger partial charge >= 0.3 is 5.97 Å². The summed E-state index contributed by atoms with van der Waals surface area (Å²) in [6.07, 6.45) is 6.10. The van der Waals surface area contributed by atoms with Crippen LogP contribution in [0.1, 0.15) is 76.0 Å². The first-order valence-electron chi connectivity index (χ1n) is 14.9. The zero-order valence-electron chi connectivity index (χ0n) is 24.6. The van der Waals surface area contributed by atoms with Crippen molar-refractivity contribution in [1.82, 2.24) is 0 Å². The van der Waals surface area contributed by atoms with Gasteiger partial charge in [0.15, 0.2) is 0 Å². The van der Waals surface area contributed by atoms with Crippen LogP contribution in [-0.4, -0.2) is 48.3 Å². The number of nitrogens with zero attached hydrogens (tertiary/aromatic N) is 1. The van der Waals surface area contributed by atoms with Gasteiger partial charge in [0.05, 0.1) is 36.3 Å². The summed E-state index contributed by atoms with van der Waals surface area (Å²) >= 11 is 0. The Morgan fingerprint density at radius 2 is 1.98 bits per heavy atom. The lowest BCUT2D eigenvalue weighted by Crippen LogP contribution is -2.39. The highest BCUT2D eigenvalue weighted by atomic mass is 16.6. The molecule has 1 saturated carbocycles. The number of ketones is 1. The molecule has 2 aromatic carbocycles. The van der Waals surface area contributed by atoms with Crippen molar-refractivity contribution in [3.8, 4) is 17.2 Å². The molecule has 0 amide bonds. The highest BCUT2D eigenvalue weighted by Crippen LogP contribution is 2.52. The van der Waals surface area contributed by atoms with Crippen molar-refractivity contribution in [3.63, 3.8) is 0 Å². The van der Waals surface area contributed by atoms with Crippen molar-refractivity contribution in [2.24, 2.45) is 4.99 Å². The molecule has 2 atom stereocenters. The van der Waals surface area contributed by atoms with Gasteiger partial charge in [0.1, 0.15) is 29.1 Å². The first-order chi connectivity index (χ1) is 20.2. The molecular weight excluding hydrogens is 534 g/mol. The Morgan fingerprint density at radius 3 is 2.74 bits per heavy atom. The molecular formula is C34H37NO7. The number of fused-ring (bicyclic) bond motifs is 3. The first-order valence-corrected chi connectivity index (χ1v) is 14.9. The number of hydrogen-bond acceptors (Lipinski definition) is 8. The normalized spacial score (nSPS) is 22.5. The molecule has 1 N–H and O–H groups in total. The van der Waals surface area contributed by atoms with Crippen LogP contribution in [0.2, 0.25) is 0 Å². The van der Waals surface area contributed by atoms with Crippen LogP contribution >= 0.6 is 0 Å². The lowest BCUT2D eigenvalue weighted by Gasteiger charge is -2.29. The van der Waals surface area contributed by atoms with Crippen LogP contribution in [0.25, 0.3) is 11.6 Å². The maximum atomic E-state index is 13.3. The van der Waals surface area contributed by atoms with Gasteiger partial charge in [-0.3, -0.25) is 9.79 Å². The summed E-state index contributed by atoms with van der Waals surface area (Å²) in [6.45, 7) is 8.59. The molecule has 8 nitrogen and oxygen atoms in total. The number of benzene rings is 2. The summed E-state index contributed by atoms with van der Waals surface area (Å²) in [6, 6.07) is 7.86. The van der Waals surface area contributed by atoms with Gasteiger partial charge in [-0.2, -0.15) is 0 Å². The molecule has 3 heterocycles. The number of carbonyl (C=O) groups excluding carboxylic acids is 2. The molecule has 3 aliphatic heterocycles. The quantitative estimate of drug-likeness (QED) is 0.500. The van der Waals surface area contributed by atoms with Gasteiger partial charge in [-0.25, -0.2) is 4.79 Å². The minimum atomic E-state index is -1.07. The lowest BCUT2D eigenvalue weighted by molar-refractivity contribution is -0.141. The summed E-state index contributed by atoms with van der Waals surface area (Å²) in [5.74, 6) is 1.06. The minimum Gasteiger partial charge on any atom is -0.492 e. The topological polar surface area (TPSA) is 104 Å². The summed E-state index contributed by atoms with van der Waals surface area (Å²) in [5, 5.41) is 12.8. The molecule has 8 heteroatoms. The van der Waals surface area contributed by atoms with Gasteiger partial charge in [-0.05, 0) is 74.6 Å². The third kappa shape index (κ3) is 5.13. The Hall–Kier alpha value is -3.91. The fourth-order valence-electron chi connectivity index (χ4n) is 6.16. The van der Waals surface area contributed by atoms with E-state index in [-0.39, 0.29) is 24.1 Å². The van der Waals surface area contributed by atoms with Gasteiger partial charge in [0.2, 0.25) is 5.76 Å². The van der Waals surface area contributed by atoms with Crippen molar-refractivity contribution in [1.29, 1.82) is 0 Å². The van der Waals surface area contributed by atoms with E-state index in [2.05, 4.69) is 17.1 Å². The largest absolute Gasteiger partial charge is 0.492 e. The number of esters is 1. The van der Waals surface area contributed by atoms with E-state index >= 15 is 0 Å². The van der Waals surface area contributed by atoms with Crippen LogP contribution in [0.15, 0.2) is 46.7 Å². The number of Topliss-reactive ketones (excluding diaryl/α,β-unsaturated/α-hetero) is 1. The van der Waals surface area contributed by atoms with E-state index in [1.807, 2.05) is 19.1 Å². The summed E-state index contributed by atoms with van der Waals surface area (Å²) in [5.41, 5.74) is 3.39. The average molecular weight is 572 g/mol. The second kappa shape index (κ2) is 11.1. The van der Waals surface area contributed by atoms with Gasteiger partial charge < -0.3 is 24.1 Å². The van der Waals surface area contributed by atoms with Gasteiger partial charge in [-0.1, -0.05) is 24.6 Å². The second-order valence-electron chi connectivity index (χ2n) is 11.8. The van der Waals surface area contributed by atoms with Gasteiger partial charge in [0, 0.05) is 30.4 Å². The molecule has 0 saturated heterocycles. The standard InChI is InChI=1S/C34H37NO7/c1-5-13-40-32-24-17-30(34(3,4)38)42-27(24)18-28-31(32)23(16-29(41-28)33(37)39-6-2)20-8-10-26(36)22(15-20)19-7-9-25-21(14-19)11-12-35-25/h7,9,11,14,16,18,22,30,38H,5-6,8,10,12-13,15,17H2,1-4H3. The van der Waals surface area contributed by atoms with Crippen LogP contribution in [0.3, 0.4) is 0 Å². The molecule has 0 radical (unpaired) electrons. The smallest absolute Gasteiger partial charge is 0.374 e. The Labute approximate surface area is 245 Å². The molecule has 1 fully saturated rings. The van der Waals surface area contributed by atoms with E-state index < -0.39 is 17.7 Å². The monoisotopic (exact) mass is 571 g/mol. The minimum absolute atomic E-state index is 0.0764. The number of carbonyl (C=O) groups is 2. The zero-order valence-corrected chi connectivity index (χ0v) is 24.6. The Morgan fingerprint density at radius 1 is 1.14 bits per heavy atom. The van der Waals surface area contributed by atoms with Crippen LogP contribution in [0, 0.1) is 0 Å². The van der Waals surface area contributed by atoms with E-state index in [0.29, 0.717) is 56.1 Å². The maximum Gasteiger partial charge on any atom is 0.374 e. The number of hydrogen-bond donors (Lipinski definition) is 1. The molecule has 6 rings (SSSR count). The first kappa shape index (κ1) is 28.2. The number of aliphatic hydroxyl groups is 1. The number of rotatable bonds is 7. The Bertz CT molecular complexity index is 1640. The van der Waals surface area contributed by atoms with E-state index in [1.165, 1.54) is 0 Å². The van der Waals surface area contributed by atoms with E-state index in [0.717, 1.165) is 44.8 Å². The van der Waals surface area contributed by atoms with Crippen LogP contribution in [-0.2, 0) is 20.7 Å². The molecule has 1 aliphatic carbocycles. The van der Waals surface area contributed by atoms with Crippen LogP contribution in [0.4, 0.5) is 0 Å². The molecule has 4 aliphatic rings.